The zero-order valence-corrected chi connectivity index (χ0v) is 39.0. The molecule has 0 spiro atoms. The first-order chi connectivity index (χ1) is 32.0. The summed E-state index contributed by atoms with van der Waals surface area (Å²) < 4.78 is 0. The predicted octanol–water partition coefficient (Wildman–Crippen LogP) is 15.1. The molecule has 3 nitrogen and oxygen atoms in total. The molecular weight excluding hydrogens is 798 g/mol. The normalized spacial score (nSPS) is 12.7. The zero-order valence-electron chi connectivity index (χ0n) is 39.0. The summed E-state index contributed by atoms with van der Waals surface area (Å²) in [4.78, 5) is 7.55. The highest BCUT2D eigenvalue weighted by atomic mass is 15.2. The molecule has 66 heavy (non-hydrogen) atoms. The quantitative estimate of drug-likeness (QED) is 0.148. The standard InChI is InChI=1S/C62H54BN3/c1-41-31-42(2)34-52(33-41)65-57-37-47(45-17-11-8-12-18-45)25-29-55(57)63-56-30-26-48(46-23-27-49(28-24-46)62(5,6)7)38-58(56)66(53-35-43(3)32-44(4)36-53)60-40-54(39-59(65)61(60)63)64(50-19-13-9-14-20-50)51-21-15-10-16-22-51/h8-40H,1-7H3. The van der Waals surface area contributed by atoms with Gasteiger partial charge in [0.15, 0.2) is 0 Å². The summed E-state index contributed by atoms with van der Waals surface area (Å²) in [6.45, 7) is 15.7. The molecule has 0 fully saturated rings. The van der Waals surface area contributed by atoms with E-state index in [1.807, 2.05) is 0 Å². The molecule has 4 heteroatoms. The second-order valence-electron chi connectivity index (χ2n) is 19.4. The van der Waals surface area contributed by atoms with E-state index in [0.717, 1.165) is 28.4 Å². The van der Waals surface area contributed by atoms with Gasteiger partial charge in [-0.25, -0.2) is 0 Å². The Bertz CT molecular complexity index is 3200. The molecule has 2 aliphatic rings. The predicted molar refractivity (Wildman–Crippen MR) is 284 cm³/mol. The molecule has 0 amide bonds. The summed E-state index contributed by atoms with van der Waals surface area (Å²) in [5, 5.41) is 0. The maximum Gasteiger partial charge on any atom is 0.252 e. The molecule has 0 unspecified atom stereocenters. The number of fused-ring (bicyclic) bond motifs is 4. The zero-order chi connectivity index (χ0) is 45.3. The molecule has 0 bridgehead atoms. The van der Waals surface area contributed by atoms with E-state index in [2.05, 4.69) is 263 Å². The topological polar surface area (TPSA) is 9.72 Å². The molecule has 0 N–H and O–H groups in total. The third-order valence-corrected chi connectivity index (χ3v) is 13.5. The second-order valence-corrected chi connectivity index (χ2v) is 19.4. The van der Waals surface area contributed by atoms with Crippen molar-refractivity contribution in [3.63, 3.8) is 0 Å². The van der Waals surface area contributed by atoms with Gasteiger partial charge in [-0.05, 0) is 172 Å². The average Bonchev–Trinajstić information content (AvgIpc) is 3.31. The largest absolute Gasteiger partial charge is 0.311 e. The van der Waals surface area contributed by atoms with Gasteiger partial charge in [0, 0.05) is 45.5 Å². The Morgan fingerprint density at radius 1 is 0.364 bits per heavy atom. The van der Waals surface area contributed by atoms with Crippen LogP contribution in [-0.2, 0) is 5.41 Å². The van der Waals surface area contributed by atoms with Crippen LogP contribution >= 0.6 is 0 Å². The van der Waals surface area contributed by atoms with E-state index >= 15 is 0 Å². The van der Waals surface area contributed by atoms with E-state index in [1.165, 1.54) is 89.2 Å². The number of hydrogen-bond donors (Lipinski definition) is 0. The number of nitrogens with zero attached hydrogens (tertiary/aromatic N) is 3. The fourth-order valence-corrected chi connectivity index (χ4v) is 10.6. The molecule has 0 aliphatic carbocycles. The van der Waals surface area contributed by atoms with Gasteiger partial charge in [0.25, 0.3) is 6.71 Å². The van der Waals surface area contributed by atoms with Crippen LogP contribution in [0.15, 0.2) is 200 Å². The first kappa shape index (κ1) is 41.2. The third kappa shape index (κ3) is 7.27. The van der Waals surface area contributed by atoms with Crippen molar-refractivity contribution in [2.24, 2.45) is 0 Å². The maximum atomic E-state index is 2.57. The molecule has 11 rings (SSSR count). The van der Waals surface area contributed by atoms with Crippen molar-refractivity contribution >= 4 is 74.3 Å². The lowest BCUT2D eigenvalue weighted by molar-refractivity contribution is 0.590. The van der Waals surface area contributed by atoms with Gasteiger partial charge >= 0.3 is 0 Å². The van der Waals surface area contributed by atoms with Gasteiger partial charge in [-0.15, -0.1) is 0 Å². The van der Waals surface area contributed by atoms with E-state index in [9.17, 15) is 0 Å². The van der Waals surface area contributed by atoms with Gasteiger partial charge in [0.1, 0.15) is 0 Å². The van der Waals surface area contributed by atoms with Crippen LogP contribution in [0.25, 0.3) is 22.3 Å². The lowest BCUT2D eigenvalue weighted by atomic mass is 9.33. The van der Waals surface area contributed by atoms with Gasteiger partial charge in [0.2, 0.25) is 0 Å². The maximum absolute atomic E-state index is 2.57. The van der Waals surface area contributed by atoms with Gasteiger partial charge in [-0.3, -0.25) is 0 Å². The molecule has 0 saturated heterocycles. The number of rotatable bonds is 7. The van der Waals surface area contributed by atoms with Gasteiger partial charge in [-0.2, -0.15) is 0 Å². The lowest BCUT2D eigenvalue weighted by Gasteiger charge is -2.45. The summed E-state index contributed by atoms with van der Waals surface area (Å²) in [7, 11) is 0. The highest BCUT2D eigenvalue weighted by molar-refractivity contribution is 7.00. The van der Waals surface area contributed by atoms with Crippen LogP contribution in [0, 0.1) is 27.7 Å². The molecule has 0 saturated carbocycles. The molecule has 320 valence electrons. The smallest absolute Gasteiger partial charge is 0.252 e. The van der Waals surface area contributed by atoms with E-state index < -0.39 is 0 Å². The van der Waals surface area contributed by atoms with Crippen molar-refractivity contribution in [2.75, 3.05) is 14.7 Å². The van der Waals surface area contributed by atoms with Crippen LogP contribution in [0.4, 0.5) is 51.2 Å². The van der Waals surface area contributed by atoms with Gasteiger partial charge in [0.05, 0.1) is 5.69 Å². The monoisotopic (exact) mass is 851 g/mol. The van der Waals surface area contributed by atoms with Gasteiger partial charge in [-0.1, -0.05) is 148 Å². The summed E-state index contributed by atoms with van der Waals surface area (Å²) in [6.07, 6.45) is 0. The molecule has 0 aromatic heterocycles. The van der Waals surface area contributed by atoms with Crippen molar-refractivity contribution in [1.82, 2.24) is 0 Å². The van der Waals surface area contributed by atoms with Crippen molar-refractivity contribution in [2.45, 2.75) is 53.9 Å². The van der Waals surface area contributed by atoms with Gasteiger partial charge < -0.3 is 14.7 Å². The molecule has 2 aliphatic heterocycles. The first-order valence-electron chi connectivity index (χ1n) is 23.3. The van der Waals surface area contributed by atoms with Crippen LogP contribution < -0.4 is 31.1 Å². The number of aryl methyl sites for hydroxylation is 4. The molecule has 0 radical (unpaired) electrons. The summed E-state index contributed by atoms with van der Waals surface area (Å²) in [5.74, 6) is 0. The Kier molecular flexibility index (Phi) is 10.1. The Balaban J connectivity index is 1.26. The minimum Gasteiger partial charge on any atom is -0.311 e. The molecule has 9 aromatic rings. The van der Waals surface area contributed by atoms with Crippen LogP contribution in [0.3, 0.4) is 0 Å². The van der Waals surface area contributed by atoms with Crippen molar-refractivity contribution in [3.05, 3.63) is 228 Å². The minimum absolute atomic E-state index is 0.0394. The fourth-order valence-electron chi connectivity index (χ4n) is 10.6. The first-order valence-corrected chi connectivity index (χ1v) is 23.3. The van der Waals surface area contributed by atoms with E-state index in [0.29, 0.717) is 0 Å². The van der Waals surface area contributed by atoms with Crippen molar-refractivity contribution in [1.29, 1.82) is 0 Å². The minimum atomic E-state index is -0.0394. The fraction of sp³-hybridized carbons (Fsp3) is 0.129. The third-order valence-electron chi connectivity index (χ3n) is 13.5. The molecular formula is C62H54BN3. The van der Waals surface area contributed by atoms with Crippen molar-refractivity contribution in [3.8, 4) is 22.3 Å². The Hall–Kier alpha value is -7.56. The van der Waals surface area contributed by atoms with E-state index in [1.54, 1.807) is 0 Å². The highest BCUT2D eigenvalue weighted by Crippen LogP contribution is 2.49. The lowest BCUT2D eigenvalue weighted by Crippen LogP contribution is -2.61. The molecule has 9 aromatic carbocycles. The summed E-state index contributed by atoms with van der Waals surface area (Å²) in [6, 6.07) is 75.0. The second kappa shape index (κ2) is 16.2. The highest BCUT2D eigenvalue weighted by Gasteiger charge is 2.44. The Morgan fingerprint density at radius 3 is 1.18 bits per heavy atom. The van der Waals surface area contributed by atoms with E-state index in [4.69, 9.17) is 0 Å². The van der Waals surface area contributed by atoms with E-state index in [-0.39, 0.29) is 12.1 Å². The van der Waals surface area contributed by atoms with Crippen LogP contribution in [0.5, 0.6) is 0 Å². The average molecular weight is 852 g/mol. The van der Waals surface area contributed by atoms with Crippen LogP contribution in [-0.4, -0.2) is 6.71 Å². The summed E-state index contributed by atoms with van der Waals surface area (Å²) >= 11 is 0. The SMILES string of the molecule is Cc1cc(C)cc(N2c3cc(-c4ccccc4)ccc3B3c4ccc(-c5ccc(C(C)(C)C)cc5)cc4N(c4cc(C)cc(C)c4)c4cc(N(c5ccccc5)c5ccccc5)cc2c43)c1. The molecule has 2 heterocycles. The van der Waals surface area contributed by atoms with Crippen LogP contribution in [0.1, 0.15) is 48.6 Å². The Labute approximate surface area is 391 Å². The number of para-hydroxylation sites is 2. The number of benzene rings is 9. The van der Waals surface area contributed by atoms with Crippen molar-refractivity contribution < 1.29 is 0 Å². The number of hydrogen-bond acceptors (Lipinski definition) is 3. The molecule has 0 atom stereocenters. The Morgan fingerprint density at radius 2 is 0.758 bits per heavy atom. The number of anilines is 9. The van der Waals surface area contributed by atoms with Crippen LogP contribution in [0.2, 0.25) is 0 Å². The summed E-state index contributed by atoms with van der Waals surface area (Å²) in [5.41, 5.74) is 25.4.